The number of rotatable bonds is 6. The fourth-order valence-electron chi connectivity index (χ4n) is 2.23. The van der Waals surface area contributed by atoms with Gasteiger partial charge in [0.25, 0.3) is 0 Å². The largest absolute Gasteiger partial charge is 0.354 e. The molecule has 1 saturated carbocycles. The van der Waals surface area contributed by atoms with Crippen molar-refractivity contribution < 1.29 is 0 Å². The van der Waals surface area contributed by atoms with Crippen LogP contribution >= 0.6 is 0 Å². The van der Waals surface area contributed by atoms with E-state index in [9.17, 15) is 0 Å². The summed E-state index contributed by atoms with van der Waals surface area (Å²) in [5, 5.41) is 3.63. The third-order valence-electron chi connectivity index (χ3n) is 3.33. The Hall–Kier alpha value is -0.760. The van der Waals surface area contributed by atoms with Crippen LogP contribution in [0.1, 0.15) is 38.7 Å². The van der Waals surface area contributed by atoms with Gasteiger partial charge in [-0.15, -0.1) is 0 Å². The molecule has 0 aliphatic heterocycles. The summed E-state index contributed by atoms with van der Waals surface area (Å²) in [4.78, 5) is 0. The highest BCUT2D eigenvalue weighted by Crippen LogP contribution is 2.34. The van der Waals surface area contributed by atoms with Crippen LogP contribution in [0.5, 0.6) is 0 Å². The monoisotopic (exact) mass is 206 g/mol. The summed E-state index contributed by atoms with van der Waals surface area (Å²) in [6.07, 6.45) is 8.52. The average Bonchev–Trinajstić information content (AvgIpc) is 2.82. The predicted molar refractivity (Wildman–Crippen MR) is 63.7 cm³/mol. The lowest BCUT2D eigenvalue weighted by molar-refractivity contribution is 0.598. The molecule has 0 bridgehead atoms. The van der Waals surface area contributed by atoms with Gasteiger partial charge in [0.1, 0.15) is 0 Å². The fourth-order valence-corrected chi connectivity index (χ4v) is 2.23. The molecule has 1 heterocycles. The van der Waals surface area contributed by atoms with E-state index in [2.05, 4.69) is 42.2 Å². The van der Waals surface area contributed by atoms with E-state index in [0.29, 0.717) is 0 Å². The summed E-state index contributed by atoms with van der Waals surface area (Å²) in [6.45, 7) is 6.56. The van der Waals surface area contributed by atoms with Gasteiger partial charge in [0, 0.05) is 31.5 Å². The van der Waals surface area contributed by atoms with Crippen LogP contribution in [0.2, 0.25) is 0 Å². The van der Waals surface area contributed by atoms with Crippen molar-refractivity contribution in [2.24, 2.45) is 5.92 Å². The van der Waals surface area contributed by atoms with Crippen molar-refractivity contribution in [1.29, 1.82) is 0 Å². The van der Waals surface area contributed by atoms with Gasteiger partial charge in [-0.3, -0.25) is 0 Å². The molecule has 1 aliphatic rings. The lowest BCUT2D eigenvalue weighted by Gasteiger charge is -2.01. The summed E-state index contributed by atoms with van der Waals surface area (Å²) in [5.74, 6) is 0.961. The van der Waals surface area contributed by atoms with Gasteiger partial charge in [-0.25, -0.2) is 0 Å². The molecule has 1 fully saturated rings. The Kier molecular flexibility index (Phi) is 3.47. The molecule has 84 valence electrons. The maximum atomic E-state index is 3.63. The van der Waals surface area contributed by atoms with Crippen LogP contribution in [0.15, 0.2) is 18.5 Å². The quantitative estimate of drug-likeness (QED) is 0.757. The number of aryl methyl sites for hydroxylation is 1. The average molecular weight is 206 g/mol. The van der Waals surface area contributed by atoms with Gasteiger partial charge >= 0.3 is 0 Å². The van der Waals surface area contributed by atoms with Crippen LogP contribution < -0.4 is 5.32 Å². The minimum atomic E-state index is 0.801. The third kappa shape index (κ3) is 2.85. The van der Waals surface area contributed by atoms with Crippen molar-refractivity contribution in [3.8, 4) is 0 Å². The van der Waals surface area contributed by atoms with Crippen LogP contribution in [0.25, 0.3) is 0 Å². The molecule has 2 atom stereocenters. The van der Waals surface area contributed by atoms with Gasteiger partial charge in [-0.05, 0) is 37.3 Å². The Bertz CT molecular complexity index is 303. The Morgan fingerprint density at radius 1 is 1.47 bits per heavy atom. The molecular formula is C13H22N2. The lowest BCUT2D eigenvalue weighted by atomic mass is 10.2. The summed E-state index contributed by atoms with van der Waals surface area (Å²) in [7, 11) is 0. The summed E-state index contributed by atoms with van der Waals surface area (Å²) in [6, 6.07) is 3.02. The van der Waals surface area contributed by atoms with Crippen molar-refractivity contribution in [1.82, 2.24) is 9.88 Å². The molecule has 0 saturated heterocycles. The lowest BCUT2D eigenvalue weighted by Crippen LogP contribution is -2.17. The van der Waals surface area contributed by atoms with Crippen LogP contribution in [-0.2, 0) is 13.1 Å². The molecule has 1 N–H and O–H groups in total. The minimum absolute atomic E-state index is 0.801. The van der Waals surface area contributed by atoms with Crippen LogP contribution in [0.4, 0.5) is 0 Å². The van der Waals surface area contributed by atoms with Gasteiger partial charge in [0.2, 0.25) is 0 Å². The summed E-state index contributed by atoms with van der Waals surface area (Å²) in [5.41, 5.74) is 1.42. The van der Waals surface area contributed by atoms with E-state index in [-0.39, 0.29) is 0 Å². The fraction of sp³-hybridized carbons (Fsp3) is 0.692. The first-order chi connectivity index (χ1) is 7.33. The van der Waals surface area contributed by atoms with Gasteiger partial charge in [0.05, 0.1) is 0 Å². The van der Waals surface area contributed by atoms with Crippen molar-refractivity contribution in [2.45, 2.75) is 52.2 Å². The number of hydrogen-bond acceptors (Lipinski definition) is 1. The molecular weight excluding hydrogens is 184 g/mol. The van der Waals surface area contributed by atoms with E-state index in [4.69, 9.17) is 0 Å². The van der Waals surface area contributed by atoms with Crippen molar-refractivity contribution in [3.63, 3.8) is 0 Å². The highest BCUT2D eigenvalue weighted by Gasteiger charge is 2.35. The molecule has 15 heavy (non-hydrogen) atoms. The topological polar surface area (TPSA) is 17.0 Å². The second kappa shape index (κ2) is 4.84. The number of aromatic nitrogens is 1. The standard InChI is InChI=1S/C13H22N2/c1-3-5-12-8-13(12)14-9-11-6-7-15(4-2)10-11/h6-7,10,12-14H,3-5,8-9H2,1-2H3. The van der Waals surface area contributed by atoms with Crippen LogP contribution in [0.3, 0.4) is 0 Å². The predicted octanol–water partition coefficient (Wildman–Crippen LogP) is 2.79. The van der Waals surface area contributed by atoms with E-state index < -0.39 is 0 Å². The third-order valence-corrected chi connectivity index (χ3v) is 3.33. The van der Waals surface area contributed by atoms with E-state index >= 15 is 0 Å². The molecule has 2 heteroatoms. The Morgan fingerprint density at radius 2 is 2.33 bits per heavy atom. The maximum Gasteiger partial charge on any atom is 0.0223 e. The van der Waals surface area contributed by atoms with Gasteiger partial charge in [-0.2, -0.15) is 0 Å². The first-order valence-corrected chi connectivity index (χ1v) is 6.21. The molecule has 2 rings (SSSR count). The Morgan fingerprint density at radius 3 is 3.00 bits per heavy atom. The zero-order valence-electron chi connectivity index (χ0n) is 9.87. The van der Waals surface area contributed by atoms with E-state index in [1.807, 2.05) is 0 Å². The zero-order chi connectivity index (χ0) is 10.7. The SMILES string of the molecule is CCCC1CC1NCc1ccn(CC)c1. The first kappa shape index (κ1) is 10.7. The van der Waals surface area contributed by atoms with Crippen LogP contribution in [-0.4, -0.2) is 10.6 Å². The minimum Gasteiger partial charge on any atom is -0.354 e. The smallest absolute Gasteiger partial charge is 0.0223 e. The van der Waals surface area contributed by atoms with E-state index in [1.165, 1.54) is 24.8 Å². The molecule has 1 aromatic rings. The molecule has 0 amide bonds. The van der Waals surface area contributed by atoms with E-state index in [1.54, 1.807) is 0 Å². The van der Waals surface area contributed by atoms with Crippen molar-refractivity contribution >= 4 is 0 Å². The maximum absolute atomic E-state index is 3.63. The number of nitrogens with zero attached hydrogens (tertiary/aromatic N) is 1. The zero-order valence-corrected chi connectivity index (χ0v) is 9.87. The highest BCUT2D eigenvalue weighted by atomic mass is 15.0. The summed E-state index contributed by atoms with van der Waals surface area (Å²) >= 11 is 0. The van der Waals surface area contributed by atoms with Gasteiger partial charge < -0.3 is 9.88 Å². The Labute approximate surface area is 92.7 Å². The molecule has 0 aromatic carbocycles. The second-order valence-electron chi connectivity index (χ2n) is 4.62. The van der Waals surface area contributed by atoms with Gasteiger partial charge in [-0.1, -0.05) is 13.3 Å². The van der Waals surface area contributed by atoms with Gasteiger partial charge in [0.15, 0.2) is 0 Å². The molecule has 2 nitrogen and oxygen atoms in total. The number of hydrogen-bond donors (Lipinski definition) is 1. The summed E-state index contributed by atoms with van der Waals surface area (Å²) < 4.78 is 2.23. The second-order valence-corrected chi connectivity index (χ2v) is 4.62. The van der Waals surface area contributed by atoms with E-state index in [0.717, 1.165) is 25.0 Å². The number of nitrogens with one attached hydrogen (secondary N) is 1. The first-order valence-electron chi connectivity index (χ1n) is 6.21. The molecule has 0 radical (unpaired) electrons. The van der Waals surface area contributed by atoms with Crippen molar-refractivity contribution in [2.75, 3.05) is 0 Å². The molecule has 1 aliphatic carbocycles. The molecule has 2 unspecified atom stereocenters. The van der Waals surface area contributed by atoms with Crippen LogP contribution in [0, 0.1) is 5.92 Å². The molecule has 1 aromatic heterocycles. The normalized spacial score (nSPS) is 24.4. The highest BCUT2D eigenvalue weighted by molar-refractivity contribution is 5.10. The van der Waals surface area contributed by atoms with Crippen molar-refractivity contribution in [3.05, 3.63) is 24.0 Å². The Balaban J connectivity index is 1.70. The molecule has 0 spiro atoms.